The molecular formula is C23H27N3O6. The lowest BCUT2D eigenvalue weighted by Crippen LogP contribution is -2.22. The second-order valence-corrected chi connectivity index (χ2v) is 8.32. The molecule has 0 aliphatic carbocycles. The van der Waals surface area contributed by atoms with E-state index in [1.807, 2.05) is 33.8 Å². The second-order valence-electron chi connectivity index (χ2n) is 8.32. The predicted octanol–water partition coefficient (Wildman–Crippen LogP) is 3.88. The van der Waals surface area contributed by atoms with Gasteiger partial charge in [-0.05, 0) is 42.9 Å². The van der Waals surface area contributed by atoms with Gasteiger partial charge >= 0.3 is 5.97 Å². The van der Waals surface area contributed by atoms with Crippen LogP contribution in [0.15, 0.2) is 21.3 Å². The Morgan fingerprint density at radius 3 is 2.47 bits per heavy atom. The Morgan fingerprint density at radius 1 is 1.16 bits per heavy atom. The molecule has 3 aromatic rings. The van der Waals surface area contributed by atoms with E-state index in [1.54, 1.807) is 19.9 Å². The van der Waals surface area contributed by atoms with E-state index in [2.05, 4.69) is 15.5 Å². The smallest absolute Gasteiger partial charge is 0.342 e. The molecule has 0 bridgehead atoms. The summed E-state index contributed by atoms with van der Waals surface area (Å²) in [5.41, 5.74) is 1.56. The van der Waals surface area contributed by atoms with Gasteiger partial charge in [0.1, 0.15) is 22.5 Å². The van der Waals surface area contributed by atoms with Gasteiger partial charge in [-0.25, -0.2) is 9.89 Å². The van der Waals surface area contributed by atoms with Crippen molar-refractivity contribution in [3.8, 4) is 5.75 Å². The lowest BCUT2D eigenvalue weighted by molar-refractivity contribution is -0.119. The average Bonchev–Trinajstić information content (AvgIpc) is 3.05. The van der Waals surface area contributed by atoms with Crippen molar-refractivity contribution in [2.24, 2.45) is 0 Å². The predicted molar refractivity (Wildman–Crippen MR) is 119 cm³/mol. The van der Waals surface area contributed by atoms with Gasteiger partial charge in [0.2, 0.25) is 5.88 Å². The van der Waals surface area contributed by atoms with E-state index in [4.69, 9.17) is 9.15 Å². The Balaban J connectivity index is 1.79. The largest absolute Gasteiger partial charge is 0.507 e. The quantitative estimate of drug-likeness (QED) is 0.494. The van der Waals surface area contributed by atoms with Crippen LogP contribution in [0.2, 0.25) is 0 Å². The molecule has 0 aliphatic heterocycles. The number of amides is 1. The third kappa shape index (κ3) is 4.37. The normalized spacial score (nSPS) is 11.4. The molecule has 0 aliphatic rings. The van der Waals surface area contributed by atoms with Crippen LogP contribution in [0.1, 0.15) is 72.5 Å². The van der Waals surface area contributed by atoms with Crippen LogP contribution < -0.4 is 10.9 Å². The van der Waals surface area contributed by atoms with Crippen LogP contribution in [-0.2, 0) is 9.53 Å². The fraction of sp³-hybridized carbons (Fsp3) is 0.391. The molecule has 9 heteroatoms. The van der Waals surface area contributed by atoms with Crippen molar-refractivity contribution in [2.75, 3.05) is 11.9 Å². The molecule has 0 atom stereocenters. The highest BCUT2D eigenvalue weighted by Gasteiger charge is 2.22. The molecule has 0 radical (unpaired) electrons. The molecule has 2 heterocycles. The Labute approximate surface area is 184 Å². The summed E-state index contributed by atoms with van der Waals surface area (Å²) in [5, 5.41) is 19.9. The van der Waals surface area contributed by atoms with Crippen molar-refractivity contribution in [1.82, 2.24) is 10.2 Å². The van der Waals surface area contributed by atoms with Crippen molar-refractivity contribution >= 4 is 28.5 Å². The van der Waals surface area contributed by atoms with E-state index < -0.39 is 24.0 Å². The Hall–Kier alpha value is -3.62. The van der Waals surface area contributed by atoms with Gasteiger partial charge in [0, 0.05) is 0 Å². The minimum atomic E-state index is -0.819. The number of nitrogens with one attached hydrogen (secondary N) is 2. The molecule has 32 heavy (non-hydrogen) atoms. The van der Waals surface area contributed by atoms with E-state index in [1.165, 1.54) is 0 Å². The number of carbonyl (C=O) groups excluding carboxylic acids is 2. The molecule has 0 fully saturated rings. The fourth-order valence-electron chi connectivity index (χ4n) is 3.51. The van der Waals surface area contributed by atoms with Crippen LogP contribution in [0.25, 0.3) is 10.8 Å². The first-order valence-electron chi connectivity index (χ1n) is 10.3. The van der Waals surface area contributed by atoms with Crippen molar-refractivity contribution in [3.63, 3.8) is 0 Å². The van der Waals surface area contributed by atoms with Gasteiger partial charge in [-0.15, -0.1) is 0 Å². The van der Waals surface area contributed by atoms with E-state index in [0.717, 1.165) is 5.56 Å². The molecule has 3 N–H and O–H groups in total. The van der Waals surface area contributed by atoms with Crippen LogP contribution in [0, 0.1) is 13.8 Å². The lowest BCUT2D eigenvalue weighted by Gasteiger charge is -2.16. The summed E-state index contributed by atoms with van der Waals surface area (Å²) >= 11 is 0. The number of furan rings is 1. The second kappa shape index (κ2) is 8.86. The number of carbonyl (C=O) groups is 2. The first kappa shape index (κ1) is 23.1. The summed E-state index contributed by atoms with van der Waals surface area (Å²) in [4.78, 5) is 37.2. The van der Waals surface area contributed by atoms with Crippen molar-refractivity contribution in [2.45, 2.75) is 53.4 Å². The number of rotatable bonds is 6. The summed E-state index contributed by atoms with van der Waals surface area (Å²) in [7, 11) is 0. The van der Waals surface area contributed by atoms with Crippen molar-refractivity contribution < 1.29 is 23.8 Å². The summed E-state index contributed by atoms with van der Waals surface area (Å²) in [6.45, 7) is 10.5. The molecule has 2 aromatic heterocycles. The minimum absolute atomic E-state index is 0.00457. The number of anilines is 1. The standard InChI is InChI=1S/C23H27N3O6/c1-10(2)14-7-15(11(3)4)20(28)16(8-14)23(30)31-9-17(27)24-22-19-18(13(6)32-22)12(5)25-26-21(19)29/h7-8,10-11,28H,9H2,1-6H3,(H,24,27)(H,26,29). The van der Waals surface area contributed by atoms with Gasteiger partial charge in [0.15, 0.2) is 6.61 Å². The zero-order valence-corrected chi connectivity index (χ0v) is 19.0. The molecular weight excluding hydrogens is 414 g/mol. The van der Waals surface area contributed by atoms with Crippen molar-refractivity contribution in [1.29, 1.82) is 0 Å². The number of esters is 1. The number of hydrogen-bond donors (Lipinski definition) is 3. The van der Waals surface area contributed by atoms with Crippen LogP contribution in [0.3, 0.4) is 0 Å². The Kier molecular flexibility index (Phi) is 6.38. The zero-order valence-electron chi connectivity index (χ0n) is 19.0. The molecule has 0 unspecified atom stereocenters. The summed E-state index contributed by atoms with van der Waals surface area (Å²) in [5.74, 6) is -1.15. The highest BCUT2D eigenvalue weighted by Crippen LogP contribution is 2.33. The zero-order chi connectivity index (χ0) is 23.7. The van der Waals surface area contributed by atoms with Gasteiger partial charge in [-0.1, -0.05) is 33.8 Å². The Morgan fingerprint density at radius 2 is 1.84 bits per heavy atom. The first-order valence-corrected chi connectivity index (χ1v) is 10.3. The highest BCUT2D eigenvalue weighted by atomic mass is 16.5. The van der Waals surface area contributed by atoms with Crippen LogP contribution in [0.4, 0.5) is 5.88 Å². The van der Waals surface area contributed by atoms with Crippen molar-refractivity contribution in [3.05, 3.63) is 50.6 Å². The molecule has 3 rings (SSSR count). The topological polar surface area (TPSA) is 135 Å². The molecule has 1 amide bonds. The number of ether oxygens (including phenoxy) is 1. The third-order valence-corrected chi connectivity index (χ3v) is 5.26. The van der Waals surface area contributed by atoms with E-state index >= 15 is 0 Å². The highest BCUT2D eigenvalue weighted by molar-refractivity contribution is 6.02. The molecule has 0 spiro atoms. The number of aromatic hydroxyl groups is 1. The number of aromatic nitrogens is 2. The average molecular weight is 441 g/mol. The van der Waals surface area contributed by atoms with Crippen LogP contribution >= 0.6 is 0 Å². The number of aryl methyl sites for hydroxylation is 2. The number of phenolic OH excluding ortho intramolecular Hbond substituents is 1. The number of H-pyrrole nitrogens is 1. The van der Waals surface area contributed by atoms with E-state index in [0.29, 0.717) is 22.4 Å². The first-order chi connectivity index (χ1) is 15.0. The number of hydrogen-bond acceptors (Lipinski definition) is 7. The molecule has 170 valence electrons. The fourth-order valence-corrected chi connectivity index (χ4v) is 3.51. The van der Waals surface area contributed by atoms with Gasteiger partial charge in [-0.2, -0.15) is 5.10 Å². The number of phenols is 1. The van der Waals surface area contributed by atoms with E-state index in [-0.39, 0.29) is 34.4 Å². The summed E-state index contributed by atoms with van der Waals surface area (Å²) < 4.78 is 10.7. The molecule has 1 aromatic carbocycles. The van der Waals surface area contributed by atoms with Gasteiger partial charge in [0.25, 0.3) is 11.5 Å². The van der Waals surface area contributed by atoms with Crippen LogP contribution in [0.5, 0.6) is 5.75 Å². The maximum Gasteiger partial charge on any atom is 0.342 e. The number of benzene rings is 1. The molecule has 0 saturated heterocycles. The van der Waals surface area contributed by atoms with Gasteiger partial charge in [-0.3, -0.25) is 14.9 Å². The number of aromatic amines is 1. The monoisotopic (exact) mass is 441 g/mol. The summed E-state index contributed by atoms with van der Waals surface area (Å²) in [6, 6.07) is 3.44. The third-order valence-electron chi connectivity index (χ3n) is 5.26. The molecule has 0 saturated carbocycles. The number of fused-ring (bicyclic) bond motifs is 1. The minimum Gasteiger partial charge on any atom is -0.507 e. The van der Waals surface area contributed by atoms with Gasteiger partial charge < -0.3 is 14.3 Å². The maximum absolute atomic E-state index is 12.6. The van der Waals surface area contributed by atoms with Gasteiger partial charge in [0.05, 0.1) is 11.1 Å². The van der Waals surface area contributed by atoms with Crippen LogP contribution in [-0.4, -0.2) is 33.8 Å². The Bertz CT molecular complexity index is 1250. The number of nitrogens with zero attached hydrogens (tertiary/aromatic N) is 1. The maximum atomic E-state index is 12.6. The van der Waals surface area contributed by atoms with E-state index in [9.17, 15) is 19.5 Å². The lowest BCUT2D eigenvalue weighted by atomic mass is 9.92. The molecule has 9 nitrogen and oxygen atoms in total. The summed E-state index contributed by atoms with van der Waals surface area (Å²) in [6.07, 6.45) is 0. The SMILES string of the molecule is Cc1n[nH]c(=O)c2c(NC(=O)COC(=O)c3cc(C(C)C)cc(C(C)C)c3O)oc(C)c12.